The molecular weight excluding hydrogens is 402 g/mol. The molecule has 4 aromatic rings. The molecule has 1 amide bonds. The van der Waals surface area contributed by atoms with E-state index in [0.717, 1.165) is 22.5 Å². The lowest BCUT2D eigenvalue weighted by Crippen LogP contribution is -2.27. The van der Waals surface area contributed by atoms with Crippen molar-refractivity contribution in [1.82, 2.24) is 19.2 Å². The highest BCUT2D eigenvalue weighted by atomic mass is 16.1. The number of para-hydroxylation sites is 1. The summed E-state index contributed by atoms with van der Waals surface area (Å²) < 4.78 is 3.23. The third-order valence-corrected chi connectivity index (χ3v) is 5.49. The van der Waals surface area contributed by atoms with E-state index in [1.54, 1.807) is 6.08 Å². The number of aromatic nitrogens is 4. The zero-order valence-electron chi connectivity index (χ0n) is 18.2. The van der Waals surface area contributed by atoms with Crippen LogP contribution in [-0.4, -0.2) is 25.1 Å². The van der Waals surface area contributed by atoms with Gasteiger partial charge in [0.15, 0.2) is 5.82 Å². The number of benzene rings is 2. The molecule has 0 bridgehead atoms. The summed E-state index contributed by atoms with van der Waals surface area (Å²) in [4.78, 5) is 30.4. The van der Waals surface area contributed by atoms with Crippen LogP contribution in [0.5, 0.6) is 0 Å². The Morgan fingerprint density at radius 2 is 1.81 bits per heavy atom. The highest BCUT2D eigenvalue weighted by molar-refractivity contribution is 5.91. The summed E-state index contributed by atoms with van der Waals surface area (Å²) >= 11 is 0. The van der Waals surface area contributed by atoms with Gasteiger partial charge in [-0.2, -0.15) is 9.50 Å². The molecule has 0 aliphatic heterocycles. The number of amides is 1. The van der Waals surface area contributed by atoms with E-state index in [1.807, 2.05) is 73.0 Å². The zero-order valence-corrected chi connectivity index (χ0v) is 18.2. The maximum Gasteiger partial charge on any atom is 0.279 e. The average Bonchev–Trinajstić information content (AvgIpc) is 3.24. The summed E-state index contributed by atoms with van der Waals surface area (Å²) in [6.07, 6.45) is 2.24. The quantitative estimate of drug-likeness (QED) is 0.453. The first-order chi connectivity index (χ1) is 15.5. The number of allylic oxidation sites excluding steroid dienone is 1. The van der Waals surface area contributed by atoms with E-state index in [1.165, 1.54) is 4.52 Å². The molecule has 0 atom stereocenters. The van der Waals surface area contributed by atoms with Gasteiger partial charge in [0.2, 0.25) is 11.7 Å². The Kier molecular flexibility index (Phi) is 5.98. The van der Waals surface area contributed by atoms with Crippen LogP contribution in [0.25, 0.3) is 17.2 Å². The number of hydrogen-bond donors (Lipinski definition) is 1. The van der Waals surface area contributed by atoms with E-state index in [4.69, 9.17) is 0 Å². The Morgan fingerprint density at radius 1 is 1.09 bits per heavy atom. The molecule has 0 unspecified atom stereocenters. The van der Waals surface area contributed by atoms with Crippen LogP contribution in [0.2, 0.25) is 0 Å². The molecule has 1 N–H and O–H groups in total. The maximum atomic E-state index is 13.3. The minimum Gasteiger partial charge on any atom is -0.326 e. The predicted molar refractivity (Wildman–Crippen MR) is 126 cm³/mol. The van der Waals surface area contributed by atoms with Crippen molar-refractivity contribution >= 4 is 17.4 Å². The lowest BCUT2D eigenvalue weighted by molar-refractivity contribution is -0.116. The number of rotatable bonds is 7. The molecule has 162 valence electrons. The van der Waals surface area contributed by atoms with Gasteiger partial charge in [-0.25, -0.2) is 0 Å². The summed E-state index contributed by atoms with van der Waals surface area (Å²) in [5.74, 6) is 0.797. The SMILES string of the molecule is C=CCn1c(C)c(CCC(=O)Nc2ccccc2C)c(=O)n2nc(-c3ccccc3)nc12. The van der Waals surface area contributed by atoms with Crippen molar-refractivity contribution in [2.75, 3.05) is 5.32 Å². The second kappa shape index (κ2) is 9.01. The van der Waals surface area contributed by atoms with Crippen molar-refractivity contribution in [3.8, 4) is 11.4 Å². The van der Waals surface area contributed by atoms with Crippen LogP contribution in [0.4, 0.5) is 5.69 Å². The van der Waals surface area contributed by atoms with Gasteiger partial charge in [-0.15, -0.1) is 11.7 Å². The van der Waals surface area contributed by atoms with Crippen LogP contribution >= 0.6 is 0 Å². The van der Waals surface area contributed by atoms with Crippen molar-refractivity contribution in [2.45, 2.75) is 33.2 Å². The molecule has 7 heteroatoms. The Morgan fingerprint density at radius 3 is 2.53 bits per heavy atom. The lowest BCUT2D eigenvalue weighted by atomic mass is 10.1. The minimum absolute atomic E-state index is 0.142. The highest BCUT2D eigenvalue weighted by Gasteiger charge is 2.19. The van der Waals surface area contributed by atoms with Crippen molar-refractivity contribution < 1.29 is 4.79 Å². The van der Waals surface area contributed by atoms with E-state index in [-0.39, 0.29) is 17.9 Å². The van der Waals surface area contributed by atoms with Gasteiger partial charge in [0.1, 0.15) is 0 Å². The predicted octanol–water partition coefficient (Wildman–Crippen LogP) is 3.93. The van der Waals surface area contributed by atoms with Crippen LogP contribution in [0.3, 0.4) is 0 Å². The molecule has 0 aliphatic carbocycles. The van der Waals surface area contributed by atoms with Crippen LogP contribution in [0, 0.1) is 13.8 Å². The summed E-state index contributed by atoms with van der Waals surface area (Å²) in [6.45, 7) is 8.12. The van der Waals surface area contributed by atoms with E-state index in [9.17, 15) is 9.59 Å². The summed E-state index contributed by atoms with van der Waals surface area (Å²) in [6, 6.07) is 17.1. The average molecular weight is 428 g/mol. The molecule has 0 radical (unpaired) electrons. The van der Waals surface area contributed by atoms with Gasteiger partial charge in [-0.1, -0.05) is 54.6 Å². The molecule has 0 saturated heterocycles. The fraction of sp³-hybridized carbons (Fsp3) is 0.200. The number of aryl methyl sites for hydroxylation is 1. The summed E-state index contributed by atoms with van der Waals surface area (Å²) in [5, 5.41) is 7.39. The van der Waals surface area contributed by atoms with Crippen molar-refractivity contribution in [3.63, 3.8) is 0 Å². The Balaban J connectivity index is 1.68. The third kappa shape index (κ3) is 4.09. The van der Waals surface area contributed by atoms with Gasteiger partial charge >= 0.3 is 0 Å². The Bertz CT molecular complexity index is 1350. The lowest BCUT2D eigenvalue weighted by Gasteiger charge is -2.14. The first kappa shape index (κ1) is 21.2. The standard InChI is InChI=1S/C25H25N5O2/c1-4-16-29-18(3)20(14-15-22(31)26-21-13-9-8-10-17(21)2)24(32)30-25(29)27-23(28-30)19-11-6-5-7-12-19/h4-13H,1,14-16H2,2-3H3,(H,26,31). The summed E-state index contributed by atoms with van der Waals surface area (Å²) in [5.41, 5.74) is 3.65. The topological polar surface area (TPSA) is 81.3 Å². The number of nitrogens with zero attached hydrogens (tertiary/aromatic N) is 4. The first-order valence-electron chi connectivity index (χ1n) is 10.5. The van der Waals surface area contributed by atoms with E-state index in [2.05, 4.69) is 22.0 Å². The largest absolute Gasteiger partial charge is 0.326 e. The number of nitrogens with one attached hydrogen (secondary N) is 1. The fourth-order valence-corrected chi connectivity index (χ4v) is 3.72. The second-order valence-electron chi connectivity index (χ2n) is 7.64. The molecule has 7 nitrogen and oxygen atoms in total. The normalized spacial score (nSPS) is 10.9. The van der Waals surface area contributed by atoms with Crippen LogP contribution in [0.1, 0.15) is 23.2 Å². The van der Waals surface area contributed by atoms with Crippen molar-refractivity contribution in [3.05, 3.63) is 94.4 Å². The fourth-order valence-electron chi connectivity index (χ4n) is 3.72. The molecule has 0 saturated carbocycles. The van der Waals surface area contributed by atoms with E-state index < -0.39 is 0 Å². The number of anilines is 1. The summed E-state index contributed by atoms with van der Waals surface area (Å²) in [7, 11) is 0. The van der Waals surface area contributed by atoms with Gasteiger partial charge in [0.05, 0.1) is 0 Å². The van der Waals surface area contributed by atoms with Gasteiger partial charge in [-0.05, 0) is 31.9 Å². The first-order valence-corrected chi connectivity index (χ1v) is 10.5. The van der Waals surface area contributed by atoms with Crippen LogP contribution in [-0.2, 0) is 17.8 Å². The van der Waals surface area contributed by atoms with Crippen LogP contribution < -0.4 is 10.9 Å². The molecule has 4 rings (SSSR count). The Hall–Kier alpha value is -4.00. The van der Waals surface area contributed by atoms with Gasteiger partial charge in [0.25, 0.3) is 5.56 Å². The monoisotopic (exact) mass is 427 g/mol. The molecule has 0 aliphatic rings. The van der Waals surface area contributed by atoms with Gasteiger partial charge in [0, 0.05) is 35.5 Å². The Labute approximate surface area is 186 Å². The molecule has 0 fully saturated rings. The van der Waals surface area contributed by atoms with Crippen molar-refractivity contribution in [2.24, 2.45) is 0 Å². The molecule has 0 spiro atoms. The number of hydrogen-bond acceptors (Lipinski definition) is 4. The second-order valence-corrected chi connectivity index (χ2v) is 7.64. The van der Waals surface area contributed by atoms with E-state index >= 15 is 0 Å². The number of fused-ring (bicyclic) bond motifs is 1. The smallest absolute Gasteiger partial charge is 0.279 e. The van der Waals surface area contributed by atoms with Gasteiger partial charge in [-0.3, -0.25) is 9.59 Å². The van der Waals surface area contributed by atoms with Crippen molar-refractivity contribution in [1.29, 1.82) is 0 Å². The van der Waals surface area contributed by atoms with E-state index in [0.29, 0.717) is 30.1 Å². The maximum absolute atomic E-state index is 13.3. The minimum atomic E-state index is -0.254. The molecule has 2 heterocycles. The third-order valence-electron chi connectivity index (χ3n) is 5.49. The number of carbonyl (C=O) groups excluding carboxylic acids is 1. The zero-order chi connectivity index (χ0) is 22.7. The van der Waals surface area contributed by atoms with Gasteiger partial charge < -0.3 is 9.88 Å². The highest BCUT2D eigenvalue weighted by Crippen LogP contribution is 2.18. The molecular formula is C25H25N5O2. The van der Waals surface area contributed by atoms with Crippen LogP contribution in [0.15, 0.2) is 72.0 Å². The molecule has 2 aromatic carbocycles. The molecule has 2 aromatic heterocycles. The number of carbonyl (C=O) groups is 1. The molecule has 32 heavy (non-hydrogen) atoms.